The van der Waals surface area contributed by atoms with Crippen LogP contribution in [0.15, 0.2) is 33.5 Å². The van der Waals surface area contributed by atoms with Crippen molar-refractivity contribution in [2.24, 2.45) is 0 Å². The van der Waals surface area contributed by atoms with Crippen LogP contribution in [-0.2, 0) is 20.6 Å². The van der Waals surface area contributed by atoms with Crippen molar-refractivity contribution in [1.29, 1.82) is 5.26 Å². The van der Waals surface area contributed by atoms with Crippen molar-refractivity contribution >= 4 is 32.2 Å². The number of nitriles is 1. The van der Waals surface area contributed by atoms with E-state index in [4.69, 9.17) is 5.26 Å². The highest BCUT2D eigenvalue weighted by atomic mass is 32.2. The summed E-state index contributed by atoms with van der Waals surface area (Å²) >= 11 is 0.409. The van der Waals surface area contributed by atoms with E-state index in [0.717, 1.165) is 0 Å². The quantitative estimate of drug-likeness (QED) is 0.623. The molecule has 1 heterocycles. The van der Waals surface area contributed by atoms with Crippen LogP contribution in [0.25, 0.3) is 0 Å². The molecule has 0 saturated carbocycles. The van der Waals surface area contributed by atoms with Crippen LogP contribution in [0.1, 0.15) is 18.4 Å². The van der Waals surface area contributed by atoms with Gasteiger partial charge in [0.15, 0.2) is 19.1 Å². The molecular formula is C12H10F4N2O3S3. The first-order valence-corrected chi connectivity index (χ1v) is 9.96. The fourth-order valence-electron chi connectivity index (χ4n) is 1.51. The summed E-state index contributed by atoms with van der Waals surface area (Å²) in [6.45, 7) is 0. The first-order valence-electron chi connectivity index (χ1n) is 6.22. The van der Waals surface area contributed by atoms with Gasteiger partial charge in [0.05, 0.1) is 16.6 Å². The smallest absolute Gasteiger partial charge is 0.253 e. The molecule has 0 aliphatic carbocycles. The topological polar surface area (TPSA) is 87.9 Å². The van der Waals surface area contributed by atoms with Gasteiger partial charge in [-0.2, -0.15) is 27.2 Å². The Hall–Kier alpha value is -1.58. The fraction of sp³-hybridized carbons (Fsp3) is 0.333. The van der Waals surface area contributed by atoms with E-state index in [0.29, 0.717) is 23.7 Å². The Bertz CT molecular complexity index is 817. The molecule has 1 atom stereocenters. The summed E-state index contributed by atoms with van der Waals surface area (Å²) in [5, 5.41) is 8.78. The van der Waals surface area contributed by atoms with E-state index in [-0.39, 0.29) is 17.2 Å². The molecule has 1 rings (SSSR count). The summed E-state index contributed by atoms with van der Waals surface area (Å²) in [6.07, 6.45) is -3.67. The highest BCUT2D eigenvalue weighted by molar-refractivity contribution is 7.93. The van der Waals surface area contributed by atoms with E-state index in [9.17, 15) is 30.2 Å². The van der Waals surface area contributed by atoms with E-state index in [1.807, 2.05) is 0 Å². The molecule has 0 aromatic carbocycles. The lowest BCUT2D eigenvalue weighted by Crippen LogP contribution is -2.07. The van der Waals surface area contributed by atoms with Crippen molar-refractivity contribution in [3.63, 3.8) is 0 Å². The molecule has 12 heteroatoms. The van der Waals surface area contributed by atoms with Gasteiger partial charge >= 0.3 is 0 Å². The van der Waals surface area contributed by atoms with Crippen LogP contribution in [0.3, 0.4) is 0 Å². The summed E-state index contributed by atoms with van der Waals surface area (Å²) in [5.74, 6) is -0.922. The molecule has 0 radical (unpaired) electrons. The number of halogens is 4. The third-order valence-electron chi connectivity index (χ3n) is 2.53. The third kappa shape index (κ3) is 5.81. The van der Waals surface area contributed by atoms with Crippen LogP contribution < -0.4 is 0 Å². The van der Waals surface area contributed by atoms with Gasteiger partial charge in [-0.25, -0.2) is 8.42 Å². The van der Waals surface area contributed by atoms with Crippen molar-refractivity contribution in [2.45, 2.75) is 22.1 Å². The maximum absolute atomic E-state index is 12.1. The zero-order valence-corrected chi connectivity index (χ0v) is 14.3. The van der Waals surface area contributed by atoms with Gasteiger partial charge in [-0.1, -0.05) is 0 Å². The summed E-state index contributed by atoms with van der Waals surface area (Å²) < 4.78 is 87.1. The monoisotopic (exact) mass is 402 g/mol. The summed E-state index contributed by atoms with van der Waals surface area (Å²) in [7, 11) is -5.99. The lowest BCUT2D eigenvalue weighted by atomic mass is 10.4. The van der Waals surface area contributed by atoms with Gasteiger partial charge in [-0.3, -0.25) is 4.21 Å². The molecule has 1 aromatic rings. The van der Waals surface area contributed by atoms with E-state index < -0.39 is 54.7 Å². The first kappa shape index (κ1) is 20.5. The molecule has 24 heavy (non-hydrogen) atoms. The number of rotatable bonds is 8. The Morgan fingerprint density at radius 2 is 1.79 bits per heavy atom. The standard InChI is InChI=1S/C12H10F4N2O3S3/c13-9(14)3-1-5-23(19)11-8(7-17)12(22-18-11)24(20,21)6-2-4-10(15)16/h3-4H,1-2,5-6H2. The number of aromatic nitrogens is 1. The lowest BCUT2D eigenvalue weighted by Gasteiger charge is -2.00. The van der Waals surface area contributed by atoms with Crippen molar-refractivity contribution in [3.8, 4) is 6.07 Å². The van der Waals surface area contributed by atoms with Gasteiger partial charge in [-0.15, -0.1) is 0 Å². The van der Waals surface area contributed by atoms with Crippen molar-refractivity contribution in [3.05, 3.63) is 29.9 Å². The predicted molar refractivity (Wildman–Crippen MR) is 80.0 cm³/mol. The number of hydrogen-bond acceptors (Lipinski definition) is 6. The average molecular weight is 402 g/mol. The summed E-state index contributed by atoms with van der Waals surface area (Å²) in [4.78, 5) is 0. The van der Waals surface area contributed by atoms with Crippen LogP contribution >= 0.6 is 11.5 Å². The first-order chi connectivity index (χ1) is 11.2. The molecule has 0 bridgehead atoms. The minimum Gasteiger partial charge on any atom is -0.253 e. The molecule has 0 saturated heterocycles. The zero-order chi connectivity index (χ0) is 18.3. The minimum atomic E-state index is -4.06. The number of sulfone groups is 1. The van der Waals surface area contributed by atoms with Crippen LogP contribution in [0.4, 0.5) is 17.6 Å². The summed E-state index contributed by atoms with van der Waals surface area (Å²) in [6, 6.07) is 1.58. The van der Waals surface area contributed by atoms with E-state index in [1.54, 1.807) is 6.07 Å². The maximum atomic E-state index is 12.1. The lowest BCUT2D eigenvalue weighted by molar-refractivity contribution is 0.417. The van der Waals surface area contributed by atoms with Crippen LogP contribution in [-0.4, -0.2) is 28.5 Å². The highest BCUT2D eigenvalue weighted by Crippen LogP contribution is 2.27. The minimum absolute atomic E-state index is 0.236. The van der Waals surface area contributed by atoms with Gasteiger partial charge in [0.25, 0.3) is 12.2 Å². The number of nitrogens with zero attached hydrogens (tertiary/aromatic N) is 2. The van der Waals surface area contributed by atoms with E-state index in [1.165, 1.54) is 0 Å². The Morgan fingerprint density at radius 3 is 2.33 bits per heavy atom. The van der Waals surface area contributed by atoms with Crippen LogP contribution in [0.5, 0.6) is 0 Å². The average Bonchev–Trinajstić information content (AvgIpc) is 2.90. The normalized spacial score (nSPS) is 12.3. The second kappa shape index (κ2) is 9.05. The molecule has 5 nitrogen and oxygen atoms in total. The maximum Gasteiger partial charge on any atom is 0.266 e. The molecule has 1 aromatic heterocycles. The molecule has 0 aliphatic rings. The van der Waals surface area contributed by atoms with Gasteiger partial charge in [0.2, 0.25) is 0 Å². The SMILES string of the molecule is N#Cc1c(S(=O)CCC=C(F)F)nsc1S(=O)(=O)CCC=C(F)F. The zero-order valence-electron chi connectivity index (χ0n) is 11.8. The van der Waals surface area contributed by atoms with Gasteiger partial charge in [0, 0.05) is 5.75 Å². The highest BCUT2D eigenvalue weighted by Gasteiger charge is 2.27. The Balaban J connectivity index is 3.02. The van der Waals surface area contributed by atoms with Crippen molar-refractivity contribution < 1.29 is 30.2 Å². The summed E-state index contributed by atoms with van der Waals surface area (Å²) in [5.41, 5.74) is -0.437. The Kier molecular flexibility index (Phi) is 7.71. The predicted octanol–water partition coefficient (Wildman–Crippen LogP) is 3.24. The van der Waals surface area contributed by atoms with Gasteiger partial charge in [0.1, 0.15) is 11.6 Å². The second-order valence-electron chi connectivity index (χ2n) is 4.20. The van der Waals surface area contributed by atoms with Crippen molar-refractivity contribution in [2.75, 3.05) is 11.5 Å². The molecule has 0 amide bonds. The van der Waals surface area contributed by atoms with Crippen molar-refractivity contribution in [1.82, 2.24) is 4.37 Å². The molecule has 0 N–H and O–H groups in total. The second-order valence-corrected chi connectivity index (χ2v) is 8.76. The molecule has 0 fully saturated rings. The molecule has 0 spiro atoms. The third-order valence-corrected chi connectivity index (χ3v) is 7.15. The van der Waals surface area contributed by atoms with E-state index in [2.05, 4.69) is 4.37 Å². The molecule has 0 aliphatic heterocycles. The Labute approximate surface area is 141 Å². The molecule has 1 unspecified atom stereocenters. The fourth-order valence-corrected chi connectivity index (χ4v) is 5.36. The van der Waals surface area contributed by atoms with E-state index >= 15 is 0 Å². The van der Waals surface area contributed by atoms with Crippen LogP contribution in [0, 0.1) is 11.3 Å². The molecule has 132 valence electrons. The number of allylic oxidation sites excluding steroid dienone is 2. The largest absolute Gasteiger partial charge is 0.266 e. The number of hydrogen-bond donors (Lipinski definition) is 0. The van der Waals surface area contributed by atoms with Gasteiger partial charge in [-0.05, 0) is 36.5 Å². The Morgan fingerprint density at radius 1 is 1.21 bits per heavy atom. The van der Waals surface area contributed by atoms with Gasteiger partial charge < -0.3 is 0 Å². The molecular weight excluding hydrogens is 392 g/mol. The van der Waals surface area contributed by atoms with Crippen LogP contribution in [0.2, 0.25) is 0 Å².